The standard InChI is InChI=1S/C14H15N5OS2/c1-10(21-14-18-17-13(16)22-14)12(20)19(9-5-8-15)11-6-3-2-4-7-11/h2-4,6-7,10H,5,9H2,1H3,(H2,16,17)/t10-/m0/s1. The fraction of sp³-hybridized carbons (Fsp3) is 0.286. The predicted molar refractivity (Wildman–Crippen MR) is 88.7 cm³/mol. The number of hydrogen-bond acceptors (Lipinski definition) is 7. The zero-order valence-electron chi connectivity index (χ0n) is 12.0. The molecule has 1 amide bonds. The van der Waals surface area contributed by atoms with Gasteiger partial charge in [0.2, 0.25) is 11.0 Å². The molecule has 22 heavy (non-hydrogen) atoms. The first kappa shape index (κ1) is 16.3. The number of aromatic nitrogens is 2. The van der Waals surface area contributed by atoms with Gasteiger partial charge >= 0.3 is 0 Å². The third-order valence-corrected chi connectivity index (χ3v) is 4.75. The molecule has 2 aromatic rings. The van der Waals surface area contributed by atoms with Crippen molar-refractivity contribution in [1.82, 2.24) is 10.2 Å². The Labute approximate surface area is 137 Å². The Morgan fingerprint density at radius 2 is 2.18 bits per heavy atom. The molecule has 114 valence electrons. The molecule has 1 atom stereocenters. The largest absolute Gasteiger partial charge is 0.374 e. The van der Waals surface area contributed by atoms with Gasteiger partial charge in [0.15, 0.2) is 4.34 Å². The van der Waals surface area contributed by atoms with Crippen LogP contribution >= 0.6 is 23.1 Å². The van der Waals surface area contributed by atoms with Crippen LogP contribution < -0.4 is 10.6 Å². The van der Waals surface area contributed by atoms with Crippen LogP contribution in [0.1, 0.15) is 13.3 Å². The molecule has 1 aromatic heterocycles. The monoisotopic (exact) mass is 333 g/mol. The number of amides is 1. The second kappa shape index (κ2) is 7.77. The molecule has 6 nitrogen and oxygen atoms in total. The summed E-state index contributed by atoms with van der Waals surface area (Å²) >= 11 is 2.57. The maximum atomic E-state index is 12.7. The third kappa shape index (κ3) is 4.19. The van der Waals surface area contributed by atoms with Crippen LogP contribution in [0.25, 0.3) is 0 Å². The number of carbonyl (C=O) groups excluding carboxylic acids is 1. The van der Waals surface area contributed by atoms with Crippen molar-refractivity contribution >= 4 is 39.8 Å². The van der Waals surface area contributed by atoms with Crippen molar-refractivity contribution < 1.29 is 4.79 Å². The number of nitrogens with two attached hydrogens (primary N) is 1. The summed E-state index contributed by atoms with van der Waals surface area (Å²) in [5.74, 6) is -0.0692. The molecular formula is C14H15N5OS2. The average molecular weight is 333 g/mol. The summed E-state index contributed by atoms with van der Waals surface area (Å²) in [6.45, 7) is 2.18. The summed E-state index contributed by atoms with van der Waals surface area (Å²) in [5, 5.41) is 16.5. The predicted octanol–water partition coefficient (Wildman–Crippen LogP) is 2.55. The van der Waals surface area contributed by atoms with Gasteiger partial charge in [-0.25, -0.2) is 0 Å². The summed E-state index contributed by atoms with van der Waals surface area (Å²) in [6.07, 6.45) is 0.282. The minimum absolute atomic E-state index is 0.0692. The Bertz CT molecular complexity index is 667. The number of nitrogens with zero attached hydrogens (tertiary/aromatic N) is 4. The lowest BCUT2D eigenvalue weighted by Crippen LogP contribution is -2.37. The van der Waals surface area contributed by atoms with Gasteiger partial charge in [0, 0.05) is 12.2 Å². The van der Waals surface area contributed by atoms with Crippen LogP contribution in [0.5, 0.6) is 0 Å². The lowest BCUT2D eigenvalue weighted by atomic mass is 10.2. The highest BCUT2D eigenvalue weighted by atomic mass is 32.2. The molecule has 0 fully saturated rings. The Morgan fingerprint density at radius 3 is 2.77 bits per heavy atom. The van der Waals surface area contributed by atoms with Crippen molar-refractivity contribution in [2.24, 2.45) is 0 Å². The average Bonchev–Trinajstić information content (AvgIpc) is 2.93. The van der Waals surface area contributed by atoms with Crippen LogP contribution in [-0.4, -0.2) is 27.9 Å². The molecule has 0 radical (unpaired) electrons. The molecule has 2 N–H and O–H groups in total. The maximum Gasteiger partial charge on any atom is 0.240 e. The van der Waals surface area contributed by atoms with E-state index in [2.05, 4.69) is 16.3 Å². The third-order valence-electron chi connectivity index (χ3n) is 2.83. The first-order valence-electron chi connectivity index (χ1n) is 6.61. The van der Waals surface area contributed by atoms with E-state index in [-0.39, 0.29) is 17.6 Å². The smallest absolute Gasteiger partial charge is 0.240 e. The molecule has 0 saturated carbocycles. The van der Waals surface area contributed by atoms with Gasteiger partial charge in [-0.15, -0.1) is 10.2 Å². The van der Waals surface area contributed by atoms with E-state index < -0.39 is 0 Å². The fourth-order valence-corrected chi connectivity index (χ4v) is 3.67. The molecule has 8 heteroatoms. The zero-order chi connectivity index (χ0) is 15.9. The molecule has 1 heterocycles. The summed E-state index contributed by atoms with van der Waals surface area (Å²) in [5.41, 5.74) is 6.33. The molecular weight excluding hydrogens is 318 g/mol. The van der Waals surface area contributed by atoms with Crippen molar-refractivity contribution in [3.05, 3.63) is 30.3 Å². The lowest BCUT2D eigenvalue weighted by molar-refractivity contribution is -0.117. The summed E-state index contributed by atoms with van der Waals surface area (Å²) < 4.78 is 0.659. The quantitative estimate of drug-likeness (QED) is 0.816. The fourth-order valence-electron chi connectivity index (χ4n) is 1.83. The molecule has 0 aliphatic rings. The number of nitriles is 1. The number of rotatable bonds is 6. The van der Waals surface area contributed by atoms with E-state index >= 15 is 0 Å². The van der Waals surface area contributed by atoms with Crippen LogP contribution in [0.15, 0.2) is 34.7 Å². The van der Waals surface area contributed by atoms with Crippen LogP contribution in [0, 0.1) is 11.3 Å². The molecule has 0 aliphatic heterocycles. The lowest BCUT2D eigenvalue weighted by Gasteiger charge is -2.24. The highest BCUT2D eigenvalue weighted by Gasteiger charge is 2.23. The second-order valence-electron chi connectivity index (χ2n) is 4.40. The van der Waals surface area contributed by atoms with Gasteiger partial charge in [-0.05, 0) is 19.1 Å². The number of carbonyl (C=O) groups is 1. The van der Waals surface area contributed by atoms with Crippen LogP contribution in [0.2, 0.25) is 0 Å². The van der Waals surface area contributed by atoms with E-state index in [1.54, 1.807) is 4.90 Å². The number of thioether (sulfide) groups is 1. The minimum atomic E-state index is -0.341. The van der Waals surface area contributed by atoms with Gasteiger partial charge in [-0.1, -0.05) is 41.3 Å². The Morgan fingerprint density at radius 1 is 1.45 bits per heavy atom. The summed E-state index contributed by atoms with van der Waals surface area (Å²) in [7, 11) is 0. The van der Waals surface area contributed by atoms with Crippen molar-refractivity contribution in [3.63, 3.8) is 0 Å². The molecule has 0 unspecified atom stereocenters. The normalized spacial score (nSPS) is 11.6. The number of para-hydroxylation sites is 1. The van der Waals surface area contributed by atoms with Gasteiger partial charge < -0.3 is 10.6 Å². The summed E-state index contributed by atoms with van der Waals surface area (Å²) in [6, 6.07) is 11.4. The van der Waals surface area contributed by atoms with Gasteiger partial charge in [0.1, 0.15) is 0 Å². The number of nitrogen functional groups attached to an aromatic ring is 1. The SMILES string of the molecule is C[C@H](Sc1nnc(N)s1)C(=O)N(CCC#N)c1ccccc1. The van der Waals surface area contributed by atoms with Crippen molar-refractivity contribution in [1.29, 1.82) is 5.26 Å². The number of hydrogen-bond donors (Lipinski definition) is 1. The second-order valence-corrected chi connectivity index (χ2v) is 7.00. The van der Waals surface area contributed by atoms with E-state index in [9.17, 15) is 4.79 Å². The molecule has 0 saturated heterocycles. The first-order chi connectivity index (χ1) is 10.6. The number of anilines is 2. The van der Waals surface area contributed by atoms with Gasteiger partial charge in [0.25, 0.3) is 0 Å². The maximum absolute atomic E-state index is 12.7. The van der Waals surface area contributed by atoms with Crippen LogP contribution in [-0.2, 0) is 4.79 Å². The van der Waals surface area contributed by atoms with Crippen molar-refractivity contribution in [2.45, 2.75) is 22.9 Å². The summed E-state index contributed by atoms with van der Waals surface area (Å²) in [4.78, 5) is 14.3. The van der Waals surface area contributed by atoms with E-state index in [1.807, 2.05) is 37.3 Å². The van der Waals surface area contributed by atoms with E-state index in [4.69, 9.17) is 11.0 Å². The molecule has 0 aliphatic carbocycles. The van der Waals surface area contributed by atoms with E-state index in [0.717, 1.165) is 5.69 Å². The van der Waals surface area contributed by atoms with Crippen molar-refractivity contribution in [3.8, 4) is 6.07 Å². The molecule has 2 rings (SSSR count). The topological polar surface area (TPSA) is 95.9 Å². The van der Waals surface area contributed by atoms with E-state index in [1.165, 1.54) is 23.1 Å². The Kier molecular flexibility index (Phi) is 5.75. The van der Waals surface area contributed by atoms with Crippen molar-refractivity contribution in [2.75, 3.05) is 17.2 Å². The van der Waals surface area contributed by atoms with Crippen LogP contribution in [0.3, 0.4) is 0 Å². The van der Waals surface area contributed by atoms with Crippen LogP contribution in [0.4, 0.5) is 10.8 Å². The first-order valence-corrected chi connectivity index (χ1v) is 8.30. The minimum Gasteiger partial charge on any atom is -0.374 e. The Hall–Kier alpha value is -2.11. The molecule has 0 spiro atoms. The Balaban J connectivity index is 2.12. The van der Waals surface area contributed by atoms with Gasteiger partial charge in [0.05, 0.1) is 17.7 Å². The highest BCUT2D eigenvalue weighted by Crippen LogP contribution is 2.29. The van der Waals surface area contributed by atoms with Gasteiger partial charge in [-0.2, -0.15) is 5.26 Å². The molecule has 1 aromatic carbocycles. The van der Waals surface area contributed by atoms with E-state index in [0.29, 0.717) is 16.0 Å². The zero-order valence-corrected chi connectivity index (χ0v) is 13.6. The molecule has 0 bridgehead atoms. The van der Waals surface area contributed by atoms with Gasteiger partial charge in [-0.3, -0.25) is 4.79 Å². The number of benzene rings is 1. The highest BCUT2D eigenvalue weighted by molar-refractivity contribution is 8.02.